The number of nitrogens with one attached hydrogen (secondary N) is 1. The quantitative estimate of drug-likeness (QED) is 0.207. The van der Waals surface area contributed by atoms with Gasteiger partial charge in [-0.15, -0.1) is 0 Å². The Hall–Kier alpha value is -2.97. The lowest BCUT2D eigenvalue weighted by molar-refractivity contribution is -0.164. The number of alkyl carbamates (subject to hydrolysis) is 1. The summed E-state index contributed by atoms with van der Waals surface area (Å²) in [7, 11) is 0. The molecule has 0 aliphatic carbocycles. The van der Waals surface area contributed by atoms with Gasteiger partial charge >= 0.3 is 12.1 Å². The Kier molecular flexibility index (Phi) is 8.97. The van der Waals surface area contributed by atoms with Gasteiger partial charge in [0, 0.05) is 9.82 Å². The van der Waals surface area contributed by atoms with Crippen LogP contribution in [0.5, 0.6) is 0 Å². The van der Waals surface area contributed by atoms with Crippen molar-refractivity contribution in [1.82, 2.24) is 5.32 Å². The second-order valence-electron chi connectivity index (χ2n) is 8.75. The molecule has 0 bridgehead atoms. The van der Waals surface area contributed by atoms with E-state index in [2.05, 4.69) is 25.4 Å². The Morgan fingerprint density at radius 3 is 1.72 bits per heavy atom. The molecule has 0 aromatic carbocycles. The molecule has 0 rings (SSSR count). The first kappa shape index (κ1) is 26.0. The highest BCUT2D eigenvalue weighted by Gasteiger charge is 2.51. The van der Waals surface area contributed by atoms with Crippen molar-refractivity contribution in [2.75, 3.05) is 0 Å². The van der Waals surface area contributed by atoms with Crippen molar-refractivity contribution in [1.29, 1.82) is 0 Å². The van der Waals surface area contributed by atoms with E-state index in [0.29, 0.717) is 0 Å². The molecular weight excluding hydrogens is 382 g/mol. The zero-order valence-electron chi connectivity index (χ0n) is 18.1. The highest BCUT2D eigenvalue weighted by atomic mass is 16.6. The number of ether oxygens (including phenoxy) is 2. The average Bonchev–Trinajstić information content (AvgIpc) is 2.49. The van der Waals surface area contributed by atoms with E-state index >= 15 is 0 Å². The van der Waals surface area contributed by atoms with E-state index < -0.39 is 40.8 Å². The Labute approximate surface area is 169 Å². The fourth-order valence-electron chi connectivity index (χ4n) is 2.18. The normalized spacial score (nSPS) is 14.5. The summed E-state index contributed by atoms with van der Waals surface area (Å²) in [4.78, 5) is 43.1. The van der Waals surface area contributed by atoms with E-state index in [-0.39, 0.29) is 12.3 Å². The SMILES string of the molecule is CC(C)C[C@H](NC(=O)OC(C)(C)C)C(=O)C(N=[N+]=[N-])(N=[N+]=[N-])C(=O)OC(C)(C)C. The van der Waals surface area contributed by atoms with E-state index in [1.807, 2.05) is 0 Å². The number of carbonyl (C=O) groups excluding carboxylic acids is 3. The topological polar surface area (TPSA) is 179 Å². The van der Waals surface area contributed by atoms with Crippen LogP contribution in [0.25, 0.3) is 20.9 Å². The van der Waals surface area contributed by atoms with Crippen LogP contribution in [0, 0.1) is 5.92 Å². The molecule has 162 valence electrons. The Morgan fingerprint density at radius 1 is 0.931 bits per heavy atom. The third-order valence-corrected chi connectivity index (χ3v) is 3.12. The van der Waals surface area contributed by atoms with Crippen LogP contribution in [0.3, 0.4) is 0 Å². The van der Waals surface area contributed by atoms with Gasteiger partial charge in [0.15, 0.2) is 5.78 Å². The zero-order valence-corrected chi connectivity index (χ0v) is 18.1. The minimum Gasteiger partial charge on any atom is -0.459 e. The largest absolute Gasteiger partial charge is 0.459 e. The first-order valence-corrected chi connectivity index (χ1v) is 8.97. The van der Waals surface area contributed by atoms with Crippen LogP contribution in [-0.2, 0) is 19.1 Å². The maximum absolute atomic E-state index is 13.2. The van der Waals surface area contributed by atoms with Crippen molar-refractivity contribution < 1.29 is 23.9 Å². The molecule has 12 nitrogen and oxygen atoms in total. The van der Waals surface area contributed by atoms with Crippen molar-refractivity contribution in [3.63, 3.8) is 0 Å². The lowest BCUT2D eigenvalue weighted by Crippen LogP contribution is -2.56. The Balaban J connectivity index is 6.23. The number of amides is 1. The molecule has 0 aromatic heterocycles. The van der Waals surface area contributed by atoms with Crippen LogP contribution >= 0.6 is 0 Å². The summed E-state index contributed by atoms with van der Waals surface area (Å²) in [6.45, 7) is 13.0. The molecule has 0 spiro atoms. The van der Waals surface area contributed by atoms with Gasteiger partial charge in [-0.1, -0.05) is 24.1 Å². The van der Waals surface area contributed by atoms with Crippen LogP contribution in [0.15, 0.2) is 10.2 Å². The minimum atomic E-state index is -2.86. The summed E-state index contributed by atoms with van der Waals surface area (Å²) in [5.74, 6) is -2.58. The molecule has 1 amide bonds. The Bertz CT molecular complexity index is 705. The number of carbonyl (C=O) groups is 3. The molecule has 0 fully saturated rings. The standard InChI is InChI=1S/C17H29N7O5/c1-10(2)9-11(20-14(27)29-16(6,7)8)12(25)17(21-23-18,22-24-19)13(26)28-15(3,4)5/h10-11H,9H2,1-8H3,(H,20,27)/t11-/m0/s1. The molecular formula is C17H29N7O5. The smallest absolute Gasteiger partial charge is 0.408 e. The molecule has 1 N–H and O–H groups in total. The number of esters is 1. The molecule has 0 saturated carbocycles. The highest BCUT2D eigenvalue weighted by Crippen LogP contribution is 2.25. The van der Waals surface area contributed by atoms with Crippen LogP contribution in [0.2, 0.25) is 0 Å². The van der Waals surface area contributed by atoms with Crippen LogP contribution in [0.4, 0.5) is 4.79 Å². The van der Waals surface area contributed by atoms with Gasteiger partial charge in [0.2, 0.25) is 0 Å². The van der Waals surface area contributed by atoms with Crippen molar-refractivity contribution >= 4 is 17.8 Å². The lowest BCUT2D eigenvalue weighted by Gasteiger charge is -2.30. The lowest BCUT2D eigenvalue weighted by atomic mass is 9.92. The summed E-state index contributed by atoms with van der Waals surface area (Å²) < 4.78 is 10.3. The summed E-state index contributed by atoms with van der Waals surface area (Å²) in [5, 5.41) is 8.73. The minimum absolute atomic E-state index is 0.0600. The van der Waals surface area contributed by atoms with Gasteiger partial charge < -0.3 is 14.8 Å². The first-order valence-electron chi connectivity index (χ1n) is 8.97. The number of azide groups is 1. The third kappa shape index (κ3) is 8.71. The monoisotopic (exact) mass is 411 g/mol. The van der Waals surface area contributed by atoms with Crippen molar-refractivity contribution in [3.05, 3.63) is 20.9 Å². The maximum Gasteiger partial charge on any atom is 0.408 e. The second-order valence-corrected chi connectivity index (χ2v) is 8.75. The van der Waals surface area contributed by atoms with Gasteiger partial charge in [0.25, 0.3) is 5.66 Å². The summed E-state index contributed by atoms with van der Waals surface area (Å²) in [6, 6.07) is -1.34. The van der Waals surface area contributed by atoms with E-state index in [4.69, 9.17) is 20.5 Å². The molecule has 0 aliphatic heterocycles. The van der Waals surface area contributed by atoms with E-state index in [0.717, 1.165) is 0 Å². The van der Waals surface area contributed by atoms with Crippen molar-refractivity contribution in [2.24, 2.45) is 16.1 Å². The number of hydrogen-bond donors (Lipinski definition) is 1. The first-order chi connectivity index (χ1) is 13.1. The fraction of sp³-hybridized carbons (Fsp3) is 0.824. The van der Waals surface area contributed by atoms with Crippen LogP contribution in [-0.4, -0.2) is 40.8 Å². The number of nitrogens with zero attached hydrogens (tertiary/aromatic N) is 6. The van der Waals surface area contributed by atoms with Crippen molar-refractivity contribution in [3.8, 4) is 0 Å². The predicted molar refractivity (Wildman–Crippen MR) is 104 cm³/mol. The van der Waals surface area contributed by atoms with Gasteiger partial charge in [-0.05, 0) is 64.9 Å². The molecule has 0 heterocycles. The molecule has 29 heavy (non-hydrogen) atoms. The van der Waals surface area contributed by atoms with Crippen molar-refractivity contribution in [2.45, 2.75) is 84.7 Å². The fourth-order valence-corrected chi connectivity index (χ4v) is 2.18. The average molecular weight is 411 g/mol. The summed E-state index contributed by atoms with van der Waals surface area (Å²) in [6.07, 6.45) is -0.860. The molecule has 1 atom stereocenters. The summed E-state index contributed by atoms with van der Waals surface area (Å²) in [5.41, 5.74) is 13.1. The van der Waals surface area contributed by atoms with Gasteiger partial charge in [0.05, 0.1) is 6.04 Å². The number of hydrogen-bond acceptors (Lipinski definition) is 7. The van der Waals surface area contributed by atoms with Crippen LogP contribution < -0.4 is 5.32 Å². The molecule has 12 heteroatoms. The number of Topliss-reactive ketones (excluding diaryl/α,β-unsaturated/α-hetero) is 1. The Morgan fingerprint density at radius 2 is 1.38 bits per heavy atom. The van der Waals surface area contributed by atoms with Gasteiger partial charge in [-0.3, -0.25) is 9.59 Å². The van der Waals surface area contributed by atoms with Gasteiger partial charge in [0.1, 0.15) is 11.2 Å². The highest BCUT2D eigenvalue weighted by molar-refractivity contribution is 6.11. The summed E-state index contributed by atoms with van der Waals surface area (Å²) >= 11 is 0. The predicted octanol–water partition coefficient (Wildman–Crippen LogP) is 4.15. The number of ketones is 1. The van der Waals surface area contributed by atoms with E-state index in [9.17, 15) is 14.4 Å². The molecule has 0 radical (unpaired) electrons. The molecule has 0 aromatic rings. The number of rotatable bonds is 8. The van der Waals surface area contributed by atoms with E-state index in [1.165, 1.54) is 20.8 Å². The third-order valence-electron chi connectivity index (χ3n) is 3.12. The van der Waals surface area contributed by atoms with Gasteiger partial charge in [-0.25, -0.2) is 4.79 Å². The zero-order chi connectivity index (χ0) is 23.0. The maximum atomic E-state index is 13.2. The second kappa shape index (κ2) is 9.99. The van der Waals surface area contributed by atoms with Crippen LogP contribution in [0.1, 0.15) is 61.8 Å². The van der Waals surface area contributed by atoms with E-state index in [1.54, 1.807) is 34.6 Å². The molecule has 0 unspecified atom stereocenters. The molecule has 0 saturated heterocycles. The molecule has 0 aliphatic rings. The van der Waals surface area contributed by atoms with Gasteiger partial charge in [-0.2, -0.15) is 0 Å².